The van der Waals surface area contributed by atoms with Crippen molar-refractivity contribution in [3.05, 3.63) is 118 Å². The van der Waals surface area contributed by atoms with E-state index in [1.165, 1.54) is 78.7 Å². The number of hydrogen-bond acceptors (Lipinski definition) is 3. The van der Waals surface area contributed by atoms with Gasteiger partial charge in [-0.1, -0.05) is 98.0 Å². The molecule has 2 fully saturated rings. The molecule has 7 unspecified atom stereocenters. The van der Waals surface area contributed by atoms with Gasteiger partial charge in [-0.25, -0.2) is 0 Å². The lowest BCUT2D eigenvalue weighted by atomic mass is 9.51. The molecule has 5 aliphatic carbocycles. The topological polar surface area (TPSA) is 52.0 Å². The van der Waals surface area contributed by atoms with Gasteiger partial charge in [0.1, 0.15) is 0 Å². The first-order valence-electron chi connectivity index (χ1n) is 17.5. The number of allylic oxidation sites excluding steroid dienone is 12. The van der Waals surface area contributed by atoms with Crippen LogP contribution >= 0.6 is 11.8 Å². The molecule has 44 heavy (non-hydrogen) atoms. The minimum Gasteiger partial charge on any atom is -0.328 e. The number of nitrogens with two attached hydrogens (primary N) is 2. The van der Waals surface area contributed by atoms with Crippen LogP contribution in [0.5, 0.6) is 0 Å². The van der Waals surface area contributed by atoms with Crippen molar-refractivity contribution in [2.24, 2.45) is 47.0 Å². The van der Waals surface area contributed by atoms with E-state index >= 15 is 0 Å². The van der Waals surface area contributed by atoms with Crippen LogP contribution in [0.2, 0.25) is 0 Å². The molecule has 6 rings (SSSR count). The average Bonchev–Trinajstić information content (AvgIpc) is 3.25. The molecule has 1 aromatic carbocycles. The predicted molar refractivity (Wildman–Crippen MR) is 191 cm³/mol. The van der Waals surface area contributed by atoms with Crippen molar-refractivity contribution in [2.75, 3.05) is 5.75 Å². The highest BCUT2D eigenvalue weighted by Gasteiger charge is 2.49. The second kappa shape index (κ2) is 14.8. The van der Waals surface area contributed by atoms with Gasteiger partial charge in [0.15, 0.2) is 0 Å². The Labute approximate surface area is 271 Å². The molecule has 4 N–H and O–H groups in total. The highest BCUT2D eigenvalue weighted by molar-refractivity contribution is 8.03. The van der Waals surface area contributed by atoms with Crippen molar-refractivity contribution in [3.8, 4) is 0 Å². The summed E-state index contributed by atoms with van der Waals surface area (Å²) in [6.45, 7) is 6.51. The standard InChI is InChI=1S/C41H54N2S/c1-3-29(14-9-11-28(2)41(43)17-10-24-44-34-15-5-4-6-16-34)32-19-22-35-36-21-18-30-12-7-8-13-31(30)25-39(36)40-27-33(42)20-23-37(40)38(35)26-32/h3-5,7-9,11-15,19,21,28,33,35,37-41H,1,6,10,16-18,20,22-27,42-43H2,2H3/b11-9-,29-14+/t28?,33?,35?,37?,38?,39?,40-,41?/m1/s1. The van der Waals surface area contributed by atoms with Crippen molar-refractivity contribution in [2.45, 2.75) is 89.6 Å². The molecule has 0 aromatic heterocycles. The smallest absolute Gasteiger partial charge is 0.00996 e. The molecule has 0 amide bonds. The zero-order valence-corrected chi connectivity index (χ0v) is 27.7. The fourth-order valence-electron chi connectivity index (χ4n) is 9.03. The normalized spacial score (nSPS) is 31.3. The quantitative estimate of drug-likeness (QED) is 0.158. The summed E-state index contributed by atoms with van der Waals surface area (Å²) in [7, 11) is 0. The van der Waals surface area contributed by atoms with Gasteiger partial charge in [-0.05, 0) is 139 Å². The molecule has 0 radical (unpaired) electrons. The molecule has 1 aromatic rings. The molecule has 0 saturated heterocycles. The van der Waals surface area contributed by atoms with Gasteiger partial charge in [0.2, 0.25) is 0 Å². The lowest BCUT2D eigenvalue weighted by molar-refractivity contribution is 0.0400. The van der Waals surface area contributed by atoms with E-state index in [9.17, 15) is 0 Å². The number of hydrogen-bond donors (Lipinski definition) is 2. The van der Waals surface area contributed by atoms with E-state index < -0.39 is 0 Å². The van der Waals surface area contributed by atoms with Crippen LogP contribution in [0.1, 0.15) is 75.8 Å². The minimum absolute atomic E-state index is 0.200. The van der Waals surface area contributed by atoms with Crippen LogP contribution in [0.15, 0.2) is 107 Å². The van der Waals surface area contributed by atoms with E-state index in [2.05, 4.69) is 92.5 Å². The largest absolute Gasteiger partial charge is 0.328 e. The SMILES string of the molecule is C=C/C(=C\C=C/C(C)C(N)CCCSC1=CC=CCC1)C1=CCC2C3=CCc4ccccc4CC3[C@@H]3CC(N)CCC3C2C1. The van der Waals surface area contributed by atoms with E-state index in [1.54, 1.807) is 11.1 Å². The Kier molecular flexibility index (Phi) is 10.7. The van der Waals surface area contributed by atoms with Crippen LogP contribution < -0.4 is 11.5 Å². The zero-order valence-electron chi connectivity index (χ0n) is 26.9. The molecule has 5 aliphatic rings. The summed E-state index contributed by atoms with van der Waals surface area (Å²) in [5, 5.41) is 0. The van der Waals surface area contributed by atoms with E-state index in [-0.39, 0.29) is 6.04 Å². The Hall–Kier alpha value is -2.33. The van der Waals surface area contributed by atoms with Crippen molar-refractivity contribution < 1.29 is 0 Å². The van der Waals surface area contributed by atoms with Crippen LogP contribution in [0, 0.1) is 35.5 Å². The highest BCUT2D eigenvalue weighted by atomic mass is 32.2. The van der Waals surface area contributed by atoms with Gasteiger partial charge >= 0.3 is 0 Å². The number of thioether (sulfide) groups is 1. The first-order chi connectivity index (χ1) is 21.5. The van der Waals surface area contributed by atoms with Gasteiger partial charge in [0.25, 0.3) is 0 Å². The maximum Gasteiger partial charge on any atom is 0.00996 e. The molecule has 0 heterocycles. The second-order valence-electron chi connectivity index (χ2n) is 14.2. The Morgan fingerprint density at radius 2 is 1.93 bits per heavy atom. The Bertz CT molecular complexity index is 1360. The van der Waals surface area contributed by atoms with Gasteiger partial charge < -0.3 is 11.5 Å². The lowest BCUT2D eigenvalue weighted by Crippen LogP contribution is -2.48. The van der Waals surface area contributed by atoms with Crippen molar-refractivity contribution in [1.82, 2.24) is 0 Å². The zero-order chi connectivity index (χ0) is 30.5. The van der Waals surface area contributed by atoms with Crippen molar-refractivity contribution in [1.29, 1.82) is 0 Å². The van der Waals surface area contributed by atoms with Gasteiger partial charge in [0.05, 0.1) is 0 Å². The van der Waals surface area contributed by atoms with Gasteiger partial charge in [-0.2, -0.15) is 0 Å². The minimum atomic E-state index is 0.200. The summed E-state index contributed by atoms with van der Waals surface area (Å²) >= 11 is 2.01. The number of fused-ring (bicyclic) bond motifs is 7. The third kappa shape index (κ3) is 7.22. The Morgan fingerprint density at radius 3 is 2.75 bits per heavy atom. The summed E-state index contributed by atoms with van der Waals surface area (Å²) in [6, 6.07) is 9.73. The molecule has 3 heteroatoms. The number of benzene rings is 1. The molecular weight excluding hydrogens is 553 g/mol. The fraction of sp³-hybridized carbons (Fsp3) is 0.512. The molecule has 2 saturated carbocycles. The molecule has 2 nitrogen and oxygen atoms in total. The van der Waals surface area contributed by atoms with Gasteiger partial charge in [-0.3, -0.25) is 0 Å². The molecule has 0 bridgehead atoms. The van der Waals surface area contributed by atoms with Crippen LogP contribution in [-0.2, 0) is 12.8 Å². The predicted octanol–water partition coefficient (Wildman–Crippen LogP) is 9.42. The van der Waals surface area contributed by atoms with Crippen LogP contribution in [0.3, 0.4) is 0 Å². The molecule has 0 spiro atoms. The van der Waals surface area contributed by atoms with Crippen molar-refractivity contribution in [3.63, 3.8) is 0 Å². The highest BCUT2D eigenvalue weighted by Crippen LogP contribution is 2.57. The summed E-state index contributed by atoms with van der Waals surface area (Å²) in [5.41, 5.74) is 20.9. The third-order valence-electron chi connectivity index (χ3n) is 11.5. The second-order valence-corrected chi connectivity index (χ2v) is 15.4. The van der Waals surface area contributed by atoms with Gasteiger partial charge in [-0.15, -0.1) is 11.8 Å². The third-order valence-corrected chi connectivity index (χ3v) is 12.7. The Balaban J connectivity index is 1.11. The molecule has 8 atom stereocenters. The summed E-state index contributed by atoms with van der Waals surface area (Å²) in [6.07, 6.45) is 33.7. The summed E-state index contributed by atoms with van der Waals surface area (Å²) in [5.74, 6) is 5.07. The molecule has 234 valence electrons. The Morgan fingerprint density at radius 1 is 1.07 bits per heavy atom. The summed E-state index contributed by atoms with van der Waals surface area (Å²) < 4.78 is 0. The first-order valence-corrected chi connectivity index (χ1v) is 18.5. The van der Waals surface area contributed by atoms with Gasteiger partial charge in [0, 0.05) is 12.1 Å². The van der Waals surface area contributed by atoms with Crippen molar-refractivity contribution >= 4 is 11.8 Å². The summed E-state index contributed by atoms with van der Waals surface area (Å²) in [4.78, 5) is 1.52. The molecular formula is C41H54N2S. The number of rotatable bonds is 10. The lowest BCUT2D eigenvalue weighted by Gasteiger charge is -2.54. The first kappa shape index (κ1) is 31.6. The van der Waals surface area contributed by atoms with Crippen LogP contribution in [0.4, 0.5) is 0 Å². The van der Waals surface area contributed by atoms with E-state index in [1.807, 2.05) is 11.8 Å². The fourth-order valence-corrected chi connectivity index (χ4v) is 10.0. The maximum atomic E-state index is 6.65. The maximum absolute atomic E-state index is 6.65. The molecule has 0 aliphatic heterocycles. The average molecular weight is 607 g/mol. The monoisotopic (exact) mass is 606 g/mol. The van der Waals surface area contributed by atoms with Crippen LogP contribution in [0.25, 0.3) is 0 Å². The van der Waals surface area contributed by atoms with E-state index in [0.29, 0.717) is 35.6 Å². The van der Waals surface area contributed by atoms with E-state index in [0.717, 1.165) is 25.2 Å². The van der Waals surface area contributed by atoms with Crippen LogP contribution in [-0.4, -0.2) is 17.8 Å². The van der Waals surface area contributed by atoms with E-state index in [4.69, 9.17) is 11.5 Å².